The fourth-order valence-corrected chi connectivity index (χ4v) is 3.25. The number of non-ortho nitro benzene ring substituents is 1. The number of amides is 2. The number of likely N-dealkylation sites (N-methyl/N-ethyl adjacent to an activating group) is 1. The van der Waals surface area contributed by atoms with E-state index in [1.807, 2.05) is 30.3 Å². The van der Waals surface area contributed by atoms with Crippen molar-refractivity contribution in [3.63, 3.8) is 0 Å². The maximum absolute atomic E-state index is 13.1. The molecule has 8 heteroatoms. The molecule has 150 valence electrons. The third kappa shape index (κ3) is 4.17. The van der Waals surface area contributed by atoms with Gasteiger partial charge in [-0.2, -0.15) is 0 Å². The predicted octanol–water partition coefficient (Wildman–Crippen LogP) is 2.45. The van der Waals surface area contributed by atoms with Crippen molar-refractivity contribution < 1.29 is 19.2 Å². The van der Waals surface area contributed by atoms with Crippen LogP contribution in [-0.4, -0.2) is 53.8 Å². The Bertz CT molecular complexity index is 954. The summed E-state index contributed by atoms with van der Waals surface area (Å²) in [6, 6.07) is 15.2. The molecule has 0 aliphatic carbocycles. The number of nitrogens with zero attached hydrogens (tertiary/aromatic N) is 3. The van der Waals surface area contributed by atoms with Crippen LogP contribution >= 0.6 is 0 Å². The summed E-state index contributed by atoms with van der Waals surface area (Å²) in [7, 11) is 3.25. The van der Waals surface area contributed by atoms with E-state index < -0.39 is 16.7 Å². The molecule has 1 aliphatic heterocycles. The third-order valence-electron chi connectivity index (χ3n) is 4.67. The third-order valence-corrected chi connectivity index (χ3v) is 4.67. The monoisotopic (exact) mass is 395 g/mol. The minimum absolute atomic E-state index is 0.0819. The maximum atomic E-state index is 13.1. The van der Waals surface area contributed by atoms with Crippen molar-refractivity contribution in [1.29, 1.82) is 0 Å². The Morgan fingerprint density at radius 3 is 2.28 bits per heavy atom. The first-order chi connectivity index (χ1) is 13.9. The molecule has 0 fully saturated rings. The molecule has 0 spiro atoms. The van der Waals surface area contributed by atoms with Gasteiger partial charge in [0.05, 0.1) is 23.6 Å². The number of nitro groups is 1. The molecule has 0 saturated heterocycles. The molecular formula is C21H21N3O5. The van der Waals surface area contributed by atoms with E-state index in [-0.39, 0.29) is 30.1 Å². The molecule has 0 radical (unpaired) electrons. The van der Waals surface area contributed by atoms with E-state index in [1.165, 1.54) is 31.4 Å². The molecule has 2 aromatic rings. The van der Waals surface area contributed by atoms with Gasteiger partial charge in [0.2, 0.25) is 0 Å². The number of carbonyl (C=O) groups excluding carboxylic acids is 2. The van der Waals surface area contributed by atoms with E-state index in [1.54, 1.807) is 11.9 Å². The number of imide groups is 1. The number of benzene rings is 2. The first-order valence-electron chi connectivity index (χ1n) is 9.03. The first kappa shape index (κ1) is 20.2. The standard InChI is InChI=1S/C21H21N3O5/c1-22(14-15-6-4-3-5-7-15)19-18(16-8-10-17(11-9-16)24(27)28)20(25)23(21(19)26)12-13-29-2/h3-11H,12-14H2,1-2H3. The molecule has 0 N–H and O–H groups in total. The minimum atomic E-state index is -0.507. The second kappa shape index (κ2) is 8.66. The Morgan fingerprint density at radius 1 is 1.03 bits per heavy atom. The normalized spacial score (nSPS) is 13.9. The van der Waals surface area contributed by atoms with Gasteiger partial charge < -0.3 is 9.64 Å². The molecule has 3 rings (SSSR count). The van der Waals surface area contributed by atoms with Crippen molar-refractivity contribution in [3.05, 3.63) is 81.5 Å². The zero-order valence-electron chi connectivity index (χ0n) is 16.2. The molecule has 0 unspecified atom stereocenters. The number of ether oxygens (including phenoxy) is 1. The summed E-state index contributed by atoms with van der Waals surface area (Å²) in [6.45, 7) is 0.790. The van der Waals surface area contributed by atoms with Crippen molar-refractivity contribution in [1.82, 2.24) is 9.80 Å². The van der Waals surface area contributed by atoms with E-state index in [9.17, 15) is 19.7 Å². The summed E-state index contributed by atoms with van der Waals surface area (Å²) >= 11 is 0. The Hall–Kier alpha value is -3.52. The quantitative estimate of drug-likeness (QED) is 0.387. The van der Waals surface area contributed by atoms with Crippen LogP contribution in [0.5, 0.6) is 0 Å². The second-order valence-corrected chi connectivity index (χ2v) is 6.62. The molecule has 8 nitrogen and oxygen atoms in total. The van der Waals surface area contributed by atoms with Crippen LogP contribution in [0.3, 0.4) is 0 Å². The Kier molecular flexibility index (Phi) is 6.04. The highest BCUT2D eigenvalue weighted by atomic mass is 16.6. The minimum Gasteiger partial charge on any atom is -0.383 e. The SMILES string of the molecule is COCCN1C(=O)C(c2ccc([N+](=O)[O-])cc2)=C(N(C)Cc2ccccc2)C1=O. The number of nitro benzene ring substituents is 1. The van der Waals surface area contributed by atoms with Crippen molar-refractivity contribution in [2.75, 3.05) is 27.3 Å². The lowest BCUT2D eigenvalue weighted by atomic mass is 10.0. The van der Waals surface area contributed by atoms with E-state index in [0.29, 0.717) is 12.1 Å². The highest BCUT2D eigenvalue weighted by molar-refractivity contribution is 6.35. The topological polar surface area (TPSA) is 93.0 Å². The molecule has 2 aromatic carbocycles. The van der Waals surface area contributed by atoms with Gasteiger partial charge in [0, 0.05) is 32.8 Å². The van der Waals surface area contributed by atoms with Gasteiger partial charge in [-0.1, -0.05) is 30.3 Å². The van der Waals surface area contributed by atoms with Crippen molar-refractivity contribution in [2.24, 2.45) is 0 Å². The fraction of sp³-hybridized carbons (Fsp3) is 0.238. The van der Waals surface area contributed by atoms with Crippen LogP contribution in [0, 0.1) is 10.1 Å². The van der Waals surface area contributed by atoms with Crippen molar-refractivity contribution in [3.8, 4) is 0 Å². The Morgan fingerprint density at radius 2 is 1.69 bits per heavy atom. The zero-order chi connectivity index (χ0) is 21.0. The van der Waals surface area contributed by atoms with Crippen molar-refractivity contribution in [2.45, 2.75) is 6.54 Å². The second-order valence-electron chi connectivity index (χ2n) is 6.62. The van der Waals surface area contributed by atoms with Gasteiger partial charge in [-0.15, -0.1) is 0 Å². The van der Waals surface area contributed by atoms with Gasteiger partial charge in [-0.25, -0.2) is 0 Å². The number of methoxy groups -OCH3 is 1. The van der Waals surface area contributed by atoms with Crippen LogP contribution in [0.25, 0.3) is 5.57 Å². The summed E-state index contributed by atoms with van der Waals surface area (Å²) < 4.78 is 5.02. The summed E-state index contributed by atoms with van der Waals surface area (Å²) in [5.74, 6) is -0.838. The summed E-state index contributed by atoms with van der Waals surface area (Å²) in [5.41, 5.74) is 1.87. The summed E-state index contributed by atoms with van der Waals surface area (Å²) in [4.78, 5) is 39.4. The first-order valence-corrected chi connectivity index (χ1v) is 9.03. The van der Waals surface area contributed by atoms with Crippen LogP contribution in [0.15, 0.2) is 60.3 Å². The zero-order valence-corrected chi connectivity index (χ0v) is 16.2. The van der Waals surface area contributed by atoms with Crippen LogP contribution in [-0.2, 0) is 20.9 Å². The number of rotatable bonds is 8. The average Bonchev–Trinajstić information content (AvgIpc) is 2.97. The van der Waals surface area contributed by atoms with Gasteiger partial charge >= 0.3 is 0 Å². The molecule has 1 heterocycles. The number of hydrogen-bond donors (Lipinski definition) is 0. The fourth-order valence-electron chi connectivity index (χ4n) is 3.25. The van der Waals surface area contributed by atoms with E-state index in [2.05, 4.69) is 0 Å². The van der Waals surface area contributed by atoms with Gasteiger partial charge in [-0.3, -0.25) is 24.6 Å². The Labute approximate surface area is 168 Å². The maximum Gasteiger partial charge on any atom is 0.277 e. The van der Waals surface area contributed by atoms with Gasteiger partial charge in [-0.05, 0) is 23.3 Å². The highest BCUT2D eigenvalue weighted by Crippen LogP contribution is 2.32. The molecule has 1 aliphatic rings. The molecule has 0 atom stereocenters. The molecule has 29 heavy (non-hydrogen) atoms. The van der Waals surface area contributed by atoms with Crippen LogP contribution in [0.1, 0.15) is 11.1 Å². The molecular weight excluding hydrogens is 374 g/mol. The largest absolute Gasteiger partial charge is 0.383 e. The molecule has 0 aromatic heterocycles. The van der Waals surface area contributed by atoms with Gasteiger partial charge in [0.25, 0.3) is 17.5 Å². The molecule has 0 saturated carbocycles. The predicted molar refractivity (Wildman–Crippen MR) is 107 cm³/mol. The van der Waals surface area contributed by atoms with E-state index in [0.717, 1.165) is 10.5 Å². The van der Waals surface area contributed by atoms with Gasteiger partial charge in [0.15, 0.2) is 0 Å². The van der Waals surface area contributed by atoms with E-state index in [4.69, 9.17) is 4.74 Å². The lowest BCUT2D eigenvalue weighted by Gasteiger charge is -2.21. The summed E-state index contributed by atoms with van der Waals surface area (Å²) in [6.07, 6.45) is 0. The van der Waals surface area contributed by atoms with Crippen LogP contribution in [0.2, 0.25) is 0 Å². The summed E-state index contributed by atoms with van der Waals surface area (Å²) in [5, 5.41) is 10.9. The Balaban J connectivity index is 2.01. The number of carbonyl (C=O) groups is 2. The van der Waals surface area contributed by atoms with Gasteiger partial charge in [0.1, 0.15) is 5.70 Å². The smallest absolute Gasteiger partial charge is 0.277 e. The number of hydrogen-bond acceptors (Lipinski definition) is 6. The molecule has 2 amide bonds. The van der Waals surface area contributed by atoms with Crippen molar-refractivity contribution >= 4 is 23.1 Å². The lowest BCUT2D eigenvalue weighted by Crippen LogP contribution is -2.36. The highest BCUT2D eigenvalue weighted by Gasteiger charge is 2.40. The van der Waals surface area contributed by atoms with Crippen LogP contribution in [0.4, 0.5) is 5.69 Å². The van der Waals surface area contributed by atoms with E-state index >= 15 is 0 Å². The van der Waals surface area contributed by atoms with Crippen LogP contribution < -0.4 is 0 Å². The lowest BCUT2D eigenvalue weighted by molar-refractivity contribution is -0.384. The molecule has 0 bridgehead atoms. The average molecular weight is 395 g/mol.